The van der Waals surface area contributed by atoms with Gasteiger partial charge in [-0.05, 0) is 34.6 Å². The average Bonchev–Trinajstić information content (AvgIpc) is 3.12. The summed E-state index contributed by atoms with van der Waals surface area (Å²) >= 11 is 0. The van der Waals surface area contributed by atoms with Crippen LogP contribution in [0.2, 0.25) is 0 Å². The number of hydrogen-bond donors (Lipinski definition) is 0. The van der Waals surface area contributed by atoms with E-state index in [4.69, 9.17) is 14.5 Å². The molecule has 0 bridgehead atoms. The molecule has 0 aromatic heterocycles. The molecule has 0 saturated carbocycles. The Morgan fingerprint density at radius 1 is 1.23 bits per heavy atom. The van der Waals surface area contributed by atoms with Crippen LogP contribution < -0.4 is 0 Å². The van der Waals surface area contributed by atoms with Gasteiger partial charge in [-0.2, -0.15) is 4.89 Å². The molecule has 2 aliphatic rings. The quantitative estimate of drug-likeness (QED) is 0.327. The number of ketones is 1. The Balaban J connectivity index is 2.00. The van der Waals surface area contributed by atoms with Gasteiger partial charge in [0.2, 0.25) is 0 Å². The van der Waals surface area contributed by atoms with Crippen LogP contribution in [0.3, 0.4) is 0 Å². The van der Waals surface area contributed by atoms with Gasteiger partial charge >= 0.3 is 0 Å². The van der Waals surface area contributed by atoms with E-state index in [1.165, 1.54) is 0 Å². The third-order valence-corrected chi connectivity index (χ3v) is 5.94. The molecular weight excluding hydrogens is 282 g/mol. The number of nitrogens with zero attached hydrogens (tertiary/aromatic N) is 1. The SMILES string of the molecule is COC1CC(C)(C)[N+]2(CC2OOCC(C)C(C)=O)C(C)(C)C1. The first-order valence-corrected chi connectivity index (χ1v) is 8.27. The second-order valence-electron chi connectivity index (χ2n) is 8.29. The van der Waals surface area contributed by atoms with Crippen LogP contribution in [0.25, 0.3) is 0 Å². The van der Waals surface area contributed by atoms with Crippen molar-refractivity contribution in [2.45, 2.75) is 77.8 Å². The van der Waals surface area contributed by atoms with E-state index in [0.717, 1.165) is 23.9 Å². The van der Waals surface area contributed by atoms with E-state index in [1.54, 1.807) is 14.0 Å². The average molecular weight is 314 g/mol. The fourth-order valence-electron chi connectivity index (χ4n) is 4.41. The lowest BCUT2D eigenvalue weighted by molar-refractivity contribution is -0.938. The van der Waals surface area contributed by atoms with Crippen LogP contribution in [-0.4, -0.2) is 53.9 Å². The first-order chi connectivity index (χ1) is 10.1. The number of hydrogen-bond acceptors (Lipinski definition) is 4. The molecule has 2 fully saturated rings. The summed E-state index contributed by atoms with van der Waals surface area (Å²) < 4.78 is 6.55. The van der Waals surface area contributed by atoms with Gasteiger partial charge in [0.1, 0.15) is 5.78 Å². The molecule has 0 aromatic carbocycles. The zero-order valence-electron chi connectivity index (χ0n) is 15.1. The number of rotatable bonds is 6. The van der Waals surface area contributed by atoms with Gasteiger partial charge in [0.15, 0.2) is 6.54 Å². The van der Waals surface area contributed by atoms with Gasteiger partial charge < -0.3 is 4.74 Å². The second-order valence-corrected chi connectivity index (χ2v) is 8.29. The van der Waals surface area contributed by atoms with Crippen molar-refractivity contribution in [1.29, 1.82) is 0 Å². The van der Waals surface area contributed by atoms with Gasteiger partial charge in [0.05, 0.1) is 23.8 Å². The molecule has 1 spiro atoms. The minimum atomic E-state index is -0.118. The molecule has 5 nitrogen and oxygen atoms in total. The lowest BCUT2D eigenvalue weighted by Gasteiger charge is -2.53. The number of Topliss-reactive ketones (excluding diaryl/α,β-unsaturated/α-hetero) is 1. The van der Waals surface area contributed by atoms with E-state index in [1.807, 2.05) is 6.92 Å². The highest BCUT2D eigenvalue weighted by atomic mass is 17.2. The smallest absolute Gasteiger partial charge is 0.274 e. The van der Waals surface area contributed by atoms with Gasteiger partial charge in [-0.3, -0.25) is 9.28 Å². The molecule has 2 heterocycles. The fourth-order valence-corrected chi connectivity index (χ4v) is 4.41. The monoisotopic (exact) mass is 314 g/mol. The Hall–Kier alpha value is -0.490. The zero-order chi connectivity index (χ0) is 16.8. The Kier molecular flexibility index (Phi) is 4.75. The first-order valence-electron chi connectivity index (χ1n) is 8.27. The van der Waals surface area contributed by atoms with Crippen LogP contribution in [-0.2, 0) is 19.3 Å². The molecule has 0 aliphatic carbocycles. The molecule has 0 N–H and O–H groups in total. The van der Waals surface area contributed by atoms with E-state index in [-0.39, 0.29) is 29.0 Å². The number of methoxy groups -OCH3 is 1. The number of carbonyl (C=O) groups excluding carboxylic acids is 1. The van der Waals surface area contributed by atoms with Crippen molar-refractivity contribution < 1.29 is 23.8 Å². The van der Waals surface area contributed by atoms with Crippen molar-refractivity contribution in [1.82, 2.24) is 0 Å². The zero-order valence-corrected chi connectivity index (χ0v) is 15.1. The molecule has 22 heavy (non-hydrogen) atoms. The van der Waals surface area contributed by atoms with Crippen LogP contribution in [0, 0.1) is 5.92 Å². The van der Waals surface area contributed by atoms with E-state index in [0.29, 0.717) is 12.7 Å². The molecule has 5 heteroatoms. The highest BCUT2D eigenvalue weighted by Gasteiger charge is 2.74. The summed E-state index contributed by atoms with van der Waals surface area (Å²) in [5.74, 6) is 0.0114. The maximum Gasteiger partial charge on any atom is 0.274 e. The van der Waals surface area contributed by atoms with Crippen molar-refractivity contribution in [3.63, 3.8) is 0 Å². The van der Waals surface area contributed by atoms with Crippen molar-refractivity contribution in [3.8, 4) is 0 Å². The topological polar surface area (TPSA) is 44.8 Å². The van der Waals surface area contributed by atoms with Gasteiger partial charge in [-0.25, -0.2) is 4.89 Å². The number of piperidine rings is 1. The number of ether oxygens (including phenoxy) is 1. The largest absolute Gasteiger partial charge is 0.381 e. The van der Waals surface area contributed by atoms with Gasteiger partial charge in [-0.1, -0.05) is 6.92 Å². The van der Waals surface area contributed by atoms with Crippen molar-refractivity contribution in [3.05, 3.63) is 0 Å². The molecule has 0 amide bonds. The summed E-state index contributed by atoms with van der Waals surface area (Å²) in [4.78, 5) is 22.3. The Morgan fingerprint density at radius 2 is 1.77 bits per heavy atom. The van der Waals surface area contributed by atoms with E-state index in [2.05, 4.69) is 27.7 Å². The molecule has 2 aliphatic heterocycles. The van der Waals surface area contributed by atoms with Gasteiger partial charge in [0, 0.05) is 25.9 Å². The molecular formula is C17H32NO4+. The molecule has 2 unspecified atom stereocenters. The highest BCUT2D eigenvalue weighted by Crippen LogP contribution is 2.56. The Morgan fingerprint density at radius 3 is 2.23 bits per heavy atom. The maximum absolute atomic E-state index is 11.3. The molecule has 2 saturated heterocycles. The lowest BCUT2D eigenvalue weighted by Crippen LogP contribution is -2.66. The van der Waals surface area contributed by atoms with Crippen molar-refractivity contribution in [2.75, 3.05) is 20.3 Å². The van der Waals surface area contributed by atoms with Gasteiger partial charge in [-0.15, -0.1) is 0 Å². The van der Waals surface area contributed by atoms with Crippen LogP contribution in [0.4, 0.5) is 0 Å². The van der Waals surface area contributed by atoms with Crippen molar-refractivity contribution >= 4 is 5.78 Å². The summed E-state index contributed by atoms with van der Waals surface area (Å²) in [7, 11) is 1.80. The summed E-state index contributed by atoms with van der Waals surface area (Å²) in [6, 6.07) is 0. The third-order valence-electron chi connectivity index (χ3n) is 5.94. The van der Waals surface area contributed by atoms with E-state index >= 15 is 0 Å². The predicted octanol–water partition coefficient (Wildman–Crippen LogP) is 2.68. The Bertz CT molecular complexity index is 414. The molecule has 2 atom stereocenters. The van der Waals surface area contributed by atoms with Crippen LogP contribution in [0.5, 0.6) is 0 Å². The van der Waals surface area contributed by atoms with Crippen molar-refractivity contribution in [2.24, 2.45) is 5.92 Å². The molecule has 0 radical (unpaired) electrons. The minimum absolute atomic E-state index is 0.0574. The summed E-state index contributed by atoms with van der Waals surface area (Å²) in [5.41, 5.74) is 0.172. The molecule has 2 rings (SSSR count). The van der Waals surface area contributed by atoms with Crippen LogP contribution >= 0.6 is 0 Å². The predicted molar refractivity (Wildman–Crippen MR) is 84.0 cm³/mol. The number of carbonyl (C=O) groups is 1. The van der Waals surface area contributed by atoms with E-state index < -0.39 is 0 Å². The fraction of sp³-hybridized carbons (Fsp3) is 0.941. The maximum atomic E-state index is 11.3. The van der Waals surface area contributed by atoms with Crippen LogP contribution in [0.15, 0.2) is 0 Å². The third kappa shape index (κ3) is 2.84. The summed E-state index contributed by atoms with van der Waals surface area (Å²) in [5, 5.41) is 0. The summed E-state index contributed by atoms with van der Waals surface area (Å²) in [6.07, 6.45) is 2.41. The lowest BCUT2D eigenvalue weighted by atomic mass is 9.77. The normalized spacial score (nSPS) is 30.2. The van der Waals surface area contributed by atoms with Gasteiger partial charge in [0.25, 0.3) is 6.23 Å². The molecule has 0 aromatic rings. The minimum Gasteiger partial charge on any atom is -0.381 e. The highest BCUT2D eigenvalue weighted by molar-refractivity contribution is 5.77. The second kappa shape index (κ2) is 5.86. The van der Waals surface area contributed by atoms with E-state index in [9.17, 15) is 4.79 Å². The standard InChI is InChI=1S/C17H32NO4/c1-12(13(2)19)11-21-22-15-10-18(15)16(3,4)8-14(20-7)9-17(18,5)6/h12,14-15H,8-11H2,1-7H3/q+1. The first kappa shape index (κ1) is 17.9. The molecule has 128 valence electrons. The Labute approximate surface area is 134 Å². The summed E-state index contributed by atoms with van der Waals surface area (Å²) in [6.45, 7) is 13.9. The number of quaternary nitrogens is 1. The van der Waals surface area contributed by atoms with Crippen LogP contribution in [0.1, 0.15) is 54.4 Å².